The molecule has 0 aliphatic rings. The average molecular weight is 284 g/mol. The van der Waals surface area contributed by atoms with Gasteiger partial charge in [0.2, 0.25) is 10.0 Å². The van der Waals surface area contributed by atoms with Gasteiger partial charge in [-0.25, -0.2) is 13.6 Å². The van der Waals surface area contributed by atoms with Gasteiger partial charge in [-0.1, -0.05) is 23.2 Å². The molecule has 0 fully saturated rings. The van der Waals surface area contributed by atoms with Crippen molar-refractivity contribution < 1.29 is 13.2 Å². The fourth-order valence-electron chi connectivity index (χ4n) is 1.08. The highest BCUT2D eigenvalue weighted by atomic mass is 35.5. The third-order valence-electron chi connectivity index (χ3n) is 1.68. The molecule has 0 amide bonds. The number of hydrogen-bond acceptors (Lipinski definition) is 3. The van der Waals surface area contributed by atoms with Crippen LogP contribution in [0.15, 0.2) is 17.0 Å². The molecule has 0 saturated carbocycles. The van der Waals surface area contributed by atoms with Gasteiger partial charge < -0.3 is 4.74 Å². The zero-order valence-electron chi connectivity index (χ0n) is 8.70. The molecule has 0 bridgehead atoms. The molecule has 0 aromatic heterocycles. The summed E-state index contributed by atoms with van der Waals surface area (Å²) in [6.07, 6.45) is -0.0890. The van der Waals surface area contributed by atoms with Gasteiger partial charge >= 0.3 is 0 Å². The van der Waals surface area contributed by atoms with Crippen molar-refractivity contribution in [2.24, 2.45) is 5.14 Å². The number of halogens is 2. The first-order chi connectivity index (χ1) is 7.23. The maximum atomic E-state index is 11.1. The predicted octanol–water partition coefficient (Wildman–Crippen LogP) is 2.43. The van der Waals surface area contributed by atoms with Gasteiger partial charge in [0.1, 0.15) is 15.7 Å². The number of rotatable bonds is 3. The van der Waals surface area contributed by atoms with Crippen molar-refractivity contribution >= 4 is 33.2 Å². The Morgan fingerprint density at radius 1 is 1.25 bits per heavy atom. The van der Waals surface area contributed by atoms with Gasteiger partial charge in [-0.15, -0.1) is 0 Å². The zero-order valence-corrected chi connectivity index (χ0v) is 11.0. The fraction of sp³-hybridized carbons (Fsp3) is 0.333. The molecule has 0 aliphatic carbocycles. The van der Waals surface area contributed by atoms with Gasteiger partial charge in [0.25, 0.3) is 0 Å². The summed E-state index contributed by atoms with van der Waals surface area (Å²) in [5, 5.41) is 4.89. The van der Waals surface area contributed by atoms with E-state index >= 15 is 0 Å². The molecular formula is C9H11Cl2NO3S. The van der Waals surface area contributed by atoms with Crippen molar-refractivity contribution in [2.75, 3.05) is 0 Å². The normalized spacial score (nSPS) is 11.9. The second-order valence-electron chi connectivity index (χ2n) is 3.40. The van der Waals surface area contributed by atoms with Crippen LogP contribution in [-0.2, 0) is 10.0 Å². The Bertz CT molecular complexity index is 500. The van der Waals surface area contributed by atoms with Crippen LogP contribution < -0.4 is 9.88 Å². The number of nitrogens with two attached hydrogens (primary N) is 1. The average Bonchev–Trinajstić information content (AvgIpc) is 2.10. The minimum Gasteiger partial charge on any atom is -0.489 e. The molecule has 1 rings (SSSR count). The van der Waals surface area contributed by atoms with Crippen LogP contribution in [-0.4, -0.2) is 14.5 Å². The van der Waals surface area contributed by atoms with Crippen LogP contribution in [0.4, 0.5) is 0 Å². The third kappa shape index (κ3) is 3.01. The number of hydrogen-bond donors (Lipinski definition) is 1. The topological polar surface area (TPSA) is 69.4 Å². The molecule has 2 N–H and O–H groups in total. The maximum absolute atomic E-state index is 11.1. The van der Waals surface area contributed by atoms with Gasteiger partial charge in [0.15, 0.2) is 0 Å². The highest BCUT2D eigenvalue weighted by molar-refractivity contribution is 7.89. The highest BCUT2D eigenvalue weighted by Gasteiger charge is 2.18. The van der Waals surface area contributed by atoms with E-state index in [-0.39, 0.29) is 21.0 Å². The van der Waals surface area contributed by atoms with Crippen LogP contribution in [0, 0.1) is 0 Å². The van der Waals surface area contributed by atoms with E-state index in [4.69, 9.17) is 33.1 Å². The van der Waals surface area contributed by atoms with E-state index in [0.717, 1.165) is 0 Å². The number of benzene rings is 1. The van der Waals surface area contributed by atoms with Gasteiger partial charge in [-0.05, 0) is 26.0 Å². The quantitative estimate of drug-likeness (QED) is 0.926. The second kappa shape index (κ2) is 4.79. The molecule has 0 aliphatic heterocycles. The lowest BCUT2D eigenvalue weighted by molar-refractivity contribution is 0.242. The summed E-state index contributed by atoms with van der Waals surface area (Å²) in [5.74, 6) is 0.328. The largest absolute Gasteiger partial charge is 0.489 e. The Balaban J connectivity index is 3.29. The molecular weight excluding hydrogens is 273 g/mol. The summed E-state index contributed by atoms with van der Waals surface area (Å²) in [4.78, 5) is -0.213. The molecule has 0 radical (unpaired) electrons. The van der Waals surface area contributed by atoms with Crippen LogP contribution in [0.5, 0.6) is 5.75 Å². The van der Waals surface area contributed by atoms with Crippen LogP contribution in [0.1, 0.15) is 13.8 Å². The minimum atomic E-state index is -3.87. The van der Waals surface area contributed by atoms with Gasteiger partial charge in [-0.3, -0.25) is 0 Å². The summed E-state index contributed by atoms with van der Waals surface area (Å²) in [7, 11) is -3.87. The second-order valence-corrected chi connectivity index (χ2v) is 5.69. The van der Waals surface area contributed by atoms with Crippen molar-refractivity contribution in [1.29, 1.82) is 0 Å². The molecule has 1 aromatic rings. The van der Waals surface area contributed by atoms with E-state index in [1.165, 1.54) is 12.1 Å². The van der Waals surface area contributed by atoms with Crippen LogP contribution in [0.3, 0.4) is 0 Å². The summed E-state index contributed by atoms with van der Waals surface area (Å²) >= 11 is 11.7. The summed E-state index contributed by atoms with van der Waals surface area (Å²) in [6.45, 7) is 3.63. The van der Waals surface area contributed by atoms with E-state index in [0.29, 0.717) is 5.75 Å². The monoisotopic (exact) mass is 283 g/mol. The minimum absolute atomic E-state index is 0.0434. The van der Waals surface area contributed by atoms with Crippen molar-refractivity contribution in [2.45, 2.75) is 24.8 Å². The molecule has 0 saturated heterocycles. The lowest BCUT2D eigenvalue weighted by Gasteiger charge is -2.13. The van der Waals surface area contributed by atoms with E-state index in [1.807, 2.05) is 13.8 Å². The Labute approximate surface area is 104 Å². The molecule has 4 nitrogen and oxygen atoms in total. The van der Waals surface area contributed by atoms with Gasteiger partial charge in [0.05, 0.1) is 11.1 Å². The van der Waals surface area contributed by atoms with E-state index < -0.39 is 10.0 Å². The Kier molecular flexibility index (Phi) is 4.07. The van der Waals surface area contributed by atoms with Crippen molar-refractivity contribution in [3.05, 3.63) is 22.2 Å². The molecule has 1 aromatic carbocycles. The lowest BCUT2D eigenvalue weighted by atomic mass is 10.3. The smallest absolute Gasteiger partial charge is 0.239 e. The van der Waals surface area contributed by atoms with Crippen LogP contribution in [0.2, 0.25) is 10.0 Å². The predicted molar refractivity (Wildman–Crippen MR) is 63.6 cm³/mol. The Hall–Kier alpha value is -0.490. The first kappa shape index (κ1) is 13.6. The molecule has 7 heteroatoms. The standard InChI is InChI=1S/C9H11Cl2NO3S/c1-5(2)15-6-3-4-7(16(12,13)14)9(11)8(6)10/h3-5H,1-2H3,(H2,12,13,14). The van der Waals surface area contributed by atoms with E-state index in [2.05, 4.69) is 0 Å². The van der Waals surface area contributed by atoms with E-state index in [1.54, 1.807) is 0 Å². The molecule has 0 unspecified atom stereocenters. The first-order valence-corrected chi connectivity index (χ1v) is 6.71. The summed E-state index contributed by atoms with van der Waals surface area (Å²) < 4.78 is 27.6. The van der Waals surface area contributed by atoms with Crippen molar-refractivity contribution in [3.8, 4) is 5.75 Å². The first-order valence-electron chi connectivity index (χ1n) is 4.41. The molecule has 0 spiro atoms. The zero-order chi connectivity index (χ0) is 12.5. The molecule has 90 valence electrons. The summed E-state index contributed by atoms with van der Waals surface area (Å²) in [6, 6.07) is 2.69. The third-order valence-corrected chi connectivity index (χ3v) is 3.61. The number of ether oxygens (including phenoxy) is 1. The van der Waals surface area contributed by atoms with Crippen molar-refractivity contribution in [1.82, 2.24) is 0 Å². The fourth-order valence-corrected chi connectivity index (χ4v) is 2.43. The van der Waals surface area contributed by atoms with E-state index in [9.17, 15) is 8.42 Å². The SMILES string of the molecule is CC(C)Oc1ccc(S(N)(=O)=O)c(Cl)c1Cl. The summed E-state index contributed by atoms with van der Waals surface area (Å²) in [5.41, 5.74) is 0. The molecule has 0 heterocycles. The Morgan fingerprint density at radius 3 is 2.25 bits per heavy atom. The number of primary sulfonamides is 1. The Morgan fingerprint density at radius 2 is 1.81 bits per heavy atom. The molecule has 16 heavy (non-hydrogen) atoms. The van der Waals surface area contributed by atoms with Crippen molar-refractivity contribution in [3.63, 3.8) is 0 Å². The van der Waals surface area contributed by atoms with Gasteiger partial charge in [-0.2, -0.15) is 0 Å². The van der Waals surface area contributed by atoms with Crippen LogP contribution in [0.25, 0.3) is 0 Å². The van der Waals surface area contributed by atoms with Crippen LogP contribution >= 0.6 is 23.2 Å². The maximum Gasteiger partial charge on any atom is 0.239 e. The lowest BCUT2D eigenvalue weighted by Crippen LogP contribution is -2.13. The highest BCUT2D eigenvalue weighted by Crippen LogP contribution is 2.36. The van der Waals surface area contributed by atoms with Gasteiger partial charge in [0, 0.05) is 0 Å². The molecule has 0 atom stereocenters. The number of sulfonamides is 1.